The SMILES string of the molecule is CCCCCCCCCCCCCCCN(CCCCCCCCCCCCCCC)CCCCCC(=O)O. The van der Waals surface area contributed by atoms with Crippen molar-refractivity contribution < 1.29 is 9.90 Å². The highest BCUT2D eigenvalue weighted by Gasteiger charge is 2.06. The molecule has 0 atom stereocenters. The summed E-state index contributed by atoms with van der Waals surface area (Å²) in [7, 11) is 0. The summed E-state index contributed by atoms with van der Waals surface area (Å²) < 4.78 is 0. The van der Waals surface area contributed by atoms with Crippen molar-refractivity contribution >= 4 is 5.97 Å². The molecule has 234 valence electrons. The Morgan fingerprint density at radius 1 is 0.385 bits per heavy atom. The van der Waals surface area contributed by atoms with E-state index in [9.17, 15) is 4.79 Å². The van der Waals surface area contributed by atoms with Gasteiger partial charge in [-0.05, 0) is 45.3 Å². The number of unbranched alkanes of at least 4 members (excludes halogenated alkanes) is 26. The molecule has 0 fully saturated rings. The molecule has 0 spiro atoms. The lowest BCUT2D eigenvalue weighted by atomic mass is 10.0. The molecule has 0 bridgehead atoms. The van der Waals surface area contributed by atoms with Gasteiger partial charge in [-0.25, -0.2) is 0 Å². The van der Waals surface area contributed by atoms with Crippen molar-refractivity contribution in [2.24, 2.45) is 0 Å². The van der Waals surface area contributed by atoms with Crippen LogP contribution in [0.2, 0.25) is 0 Å². The van der Waals surface area contributed by atoms with Gasteiger partial charge in [0.15, 0.2) is 0 Å². The van der Waals surface area contributed by atoms with E-state index in [1.54, 1.807) is 0 Å². The van der Waals surface area contributed by atoms with Crippen LogP contribution >= 0.6 is 0 Å². The summed E-state index contributed by atoms with van der Waals surface area (Å²) in [5.74, 6) is -0.647. The summed E-state index contributed by atoms with van der Waals surface area (Å²) in [4.78, 5) is 13.5. The van der Waals surface area contributed by atoms with Gasteiger partial charge in [-0.1, -0.05) is 174 Å². The summed E-state index contributed by atoms with van der Waals surface area (Å²) in [5, 5.41) is 8.89. The molecule has 0 heterocycles. The summed E-state index contributed by atoms with van der Waals surface area (Å²) in [6, 6.07) is 0. The number of carbonyl (C=O) groups is 1. The monoisotopic (exact) mass is 552 g/mol. The van der Waals surface area contributed by atoms with E-state index in [0.29, 0.717) is 6.42 Å². The van der Waals surface area contributed by atoms with Crippen LogP contribution in [-0.4, -0.2) is 35.6 Å². The Hall–Kier alpha value is -0.570. The van der Waals surface area contributed by atoms with Gasteiger partial charge in [0.1, 0.15) is 0 Å². The third-order valence-corrected chi connectivity index (χ3v) is 8.52. The Kier molecular flexibility index (Phi) is 33.1. The standard InChI is InChI=1S/C36H73NO2/c1-3-5-7-9-11-13-15-17-19-21-23-25-29-33-37(35-31-27-28-32-36(38)39)34-30-26-24-22-20-18-16-14-12-10-8-6-4-2/h3-35H2,1-2H3,(H,38,39). The van der Waals surface area contributed by atoms with Gasteiger partial charge < -0.3 is 10.0 Å². The summed E-state index contributed by atoms with van der Waals surface area (Å²) in [6.07, 6.45) is 40.2. The highest BCUT2D eigenvalue weighted by atomic mass is 16.4. The minimum absolute atomic E-state index is 0.331. The molecule has 0 rings (SSSR count). The van der Waals surface area contributed by atoms with Crippen LogP contribution in [0.5, 0.6) is 0 Å². The lowest BCUT2D eigenvalue weighted by Gasteiger charge is -2.22. The molecule has 39 heavy (non-hydrogen) atoms. The highest BCUT2D eigenvalue weighted by molar-refractivity contribution is 5.66. The Morgan fingerprint density at radius 3 is 0.872 bits per heavy atom. The normalized spacial score (nSPS) is 11.6. The fourth-order valence-electron chi connectivity index (χ4n) is 5.83. The Bertz CT molecular complexity index is 437. The van der Waals surface area contributed by atoms with Gasteiger partial charge in [0.2, 0.25) is 0 Å². The van der Waals surface area contributed by atoms with E-state index in [0.717, 1.165) is 25.8 Å². The number of hydrogen-bond donors (Lipinski definition) is 1. The van der Waals surface area contributed by atoms with Gasteiger partial charge in [0.25, 0.3) is 0 Å². The second-order valence-electron chi connectivity index (χ2n) is 12.5. The molecule has 0 unspecified atom stereocenters. The average molecular weight is 552 g/mol. The second kappa shape index (κ2) is 33.6. The zero-order valence-corrected chi connectivity index (χ0v) is 27.1. The fourth-order valence-corrected chi connectivity index (χ4v) is 5.83. The lowest BCUT2D eigenvalue weighted by Crippen LogP contribution is -2.27. The second-order valence-corrected chi connectivity index (χ2v) is 12.5. The Morgan fingerprint density at radius 2 is 0.615 bits per heavy atom. The fraction of sp³-hybridized carbons (Fsp3) is 0.972. The molecule has 3 heteroatoms. The van der Waals surface area contributed by atoms with Crippen molar-refractivity contribution in [2.45, 2.75) is 206 Å². The minimum atomic E-state index is -0.647. The van der Waals surface area contributed by atoms with Crippen LogP contribution in [-0.2, 0) is 4.79 Å². The van der Waals surface area contributed by atoms with Crippen LogP contribution in [0.15, 0.2) is 0 Å². The predicted molar refractivity (Wildman–Crippen MR) is 174 cm³/mol. The molecule has 1 N–H and O–H groups in total. The first-order valence-electron chi connectivity index (χ1n) is 18.1. The van der Waals surface area contributed by atoms with Crippen molar-refractivity contribution in [2.75, 3.05) is 19.6 Å². The average Bonchev–Trinajstić information content (AvgIpc) is 2.93. The number of hydrogen-bond acceptors (Lipinski definition) is 2. The smallest absolute Gasteiger partial charge is 0.303 e. The zero-order chi connectivity index (χ0) is 28.5. The summed E-state index contributed by atoms with van der Waals surface area (Å²) in [6.45, 7) is 8.24. The van der Waals surface area contributed by atoms with Crippen molar-refractivity contribution in [3.8, 4) is 0 Å². The zero-order valence-electron chi connectivity index (χ0n) is 27.1. The molecule has 0 aromatic rings. The highest BCUT2D eigenvalue weighted by Crippen LogP contribution is 2.15. The van der Waals surface area contributed by atoms with E-state index in [1.807, 2.05) is 0 Å². The number of aliphatic carboxylic acids is 1. The van der Waals surface area contributed by atoms with E-state index in [2.05, 4.69) is 18.7 Å². The minimum Gasteiger partial charge on any atom is -0.481 e. The first-order valence-corrected chi connectivity index (χ1v) is 18.1. The predicted octanol–water partition coefficient (Wildman–Crippen LogP) is 12.1. The molecule has 3 nitrogen and oxygen atoms in total. The largest absolute Gasteiger partial charge is 0.481 e. The maximum absolute atomic E-state index is 10.8. The van der Waals surface area contributed by atoms with E-state index >= 15 is 0 Å². The molecule has 0 aromatic heterocycles. The molecule has 0 aliphatic carbocycles. The molecular formula is C36H73NO2. The maximum atomic E-state index is 10.8. The number of rotatable bonds is 34. The van der Waals surface area contributed by atoms with Crippen LogP contribution in [0, 0.1) is 0 Å². The van der Waals surface area contributed by atoms with Crippen LogP contribution in [0.4, 0.5) is 0 Å². The number of nitrogens with zero attached hydrogens (tertiary/aromatic N) is 1. The van der Waals surface area contributed by atoms with Gasteiger partial charge >= 0.3 is 5.97 Å². The van der Waals surface area contributed by atoms with Crippen molar-refractivity contribution in [3.63, 3.8) is 0 Å². The van der Waals surface area contributed by atoms with Crippen LogP contribution in [0.3, 0.4) is 0 Å². The van der Waals surface area contributed by atoms with E-state index in [4.69, 9.17) is 5.11 Å². The Labute approximate surface area is 246 Å². The molecule has 0 aliphatic rings. The van der Waals surface area contributed by atoms with Gasteiger partial charge in [-0.3, -0.25) is 4.79 Å². The quantitative estimate of drug-likeness (QED) is 0.0808. The topological polar surface area (TPSA) is 40.5 Å². The van der Waals surface area contributed by atoms with Gasteiger partial charge in [0.05, 0.1) is 0 Å². The lowest BCUT2D eigenvalue weighted by molar-refractivity contribution is -0.137. The molecule has 0 radical (unpaired) electrons. The first-order chi connectivity index (χ1) is 19.2. The van der Waals surface area contributed by atoms with Crippen molar-refractivity contribution in [1.82, 2.24) is 4.90 Å². The van der Waals surface area contributed by atoms with Crippen LogP contribution in [0.25, 0.3) is 0 Å². The third-order valence-electron chi connectivity index (χ3n) is 8.52. The molecule has 0 saturated carbocycles. The van der Waals surface area contributed by atoms with E-state index in [1.165, 1.54) is 180 Å². The third kappa shape index (κ3) is 33.5. The summed E-state index contributed by atoms with van der Waals surface area (Å²) in [5.41, 5.74) is 0. The van der Waals surface area contributed by atoms with Crippen LogP contribution in [0.1, 0.15) is 206 Å². The van der Waals surface area contributed by atoms with E-state index in [-0.39, 0.29) is 0 Å². The number of carboxylic acids is 1. The molecular weight excluding hydrogens is 478 g/mol. The number of carboxylic acid groups (broad SMARTS) is 1. The molecule has 0 amide bonds. The van der Waals surface area contributed by atoms with Crippen molar-refractivity contribution in [3.05, 3.63) is 0 Å². The van der Waals surface area contributed by atoms with Gasteiger partial charge in [-0.15, -0.1) is 0 Å². The molecule has 0 saturated heterocycles. The Balaban J connectivity index is 3.78. The van der Waals surface area contributed by atoms with E-state index < -0.39 is 5.97 Å². The summed E-state index contributed by atoms with van der Waals surface area (Å²) >= 11 is 0. The maximum Gasteiger partial charge on any atom is 0.303 e. The van der Waals surface area contributed by atoms with Crippen molar-refractivity contribution in [1.29, 1.82) is 0 Å². The first kappa shape index (κ1) is 38.4. The van der Waals surface area contributed by atoms with Gasteiger partial charge in [0, 0.05) is 6.42 Å². The van der Waals surface area contributed by atoms with Gasteiger partial charge in [-0.2, -0.15) is 0 Å². The molecule has 0 aliphatic heterocycles. The van der Waals surface area contributed by atoms with Crippen LogP contribution < -0.4 is 0 Å². The molecule has 0 aromatic carbocycles.